The molecule has 1 aliphatic heterocycles. The Bertz CT molecular complexity index is 833. The number of carbonyl (C=O) groups is 1. The first-order valence-electron chi connectivity index (χ1n) is 9.48. The molecule has 0 spiro atoms. The molecule has 0 saturated heterocycles. The molecule has 0 unspecified atom stereocenters. The van der Waals surface area contributed by atoms with Gasteiger partial charge in [0.05, 0.1) is 12.7 Å². The number of hydrogen-bond acceptors (Lipinski definition) is 6. The number of nitrogens with one attached hydrogen (secondary N) is 1. The van der Waals surface area contributed by atoms with Crippen molar-refractivity contribution >= 4 is 17.6 Å². The lowest BCUT2D eigenvalue weighted by molar-refractivity contribution is 0.0600. The normalized spacial score (nSPS) is 13.7. The fourth-order valence-corrected chi connectivity index (χ4v) is 3.24. The molecule has 27 heavy (non-hydrogen) atoms. The number of fused-ring (bicyclic) bond motifs is 1. The van der Waals surface area contributed by atoms with E-state index in [0.717, 1.165) is 37.0 Å². The average Bonchev–Trinajstić information content (AvgIpc) is 2.65. The van der Waals surface area contributed by atoms with Gasteiger partial charge in [0, 0.05) is 31.1 Å². The molecule has 3 rings (SSSR count). The number of nitrogens with zero attached hydrogens (tertiary/aromatic N) is 3. The van der Waals surface area contributed by atoms with Crippen LogP contribution in [0, 0.1) is 0 Å². The molecule has 144 valence electrons. The maximum atomic E-state index is 11.8. The zero-order valence-electron chi connectivity index (χ0n) is 16.7. The van der Waals surface area contributed by atoms with Crippen LogP contribution < -0.4 is 10.2 Å². The first-order chi connectivity index (χ1) is 12.9. The summed E-state index contributed by atoms with van der Waals surface area (Å²) in [5.41, 5.74) is 3.03. The summed E-state index contributed by atoms with van der Waals surface area (Å²) in [6.07, 6.45) is 0.869. The molecule has 1 aromatic carbocycles. The van der Waals surface area contributed by atoms with Crippen molar-refractivity contribution in [1.29, 1.82) is 0 Å². The van der Waals surface area contributed by atoms with Crippen LogP contribution in [0.1, 0.15) is 60.9 Å². The summed E-state index contributed by atoms with van der Waals surface area (Å²) < 4.78 is 4.82. The Kier molecular flexibility index (Phi) is 5.63. The monoisotopic (exact) mass is 368 g/mol. The Morgan fingerprint density at radius 1 is 1.15 bits per heavy atom. The molecule has 0 bridgehead atoms. The number of ether oxygens (including phenoxy) is 1. The van der Waals surface area contributed by atoms with Gasteiger partial charge in [-0.3, -0.25) is 0 Å². The number of aromatic nitrogens is 2. The van der Waals surface area contributed by atoms with Crippen LogP contribution in [0.5, 0.6) is 0 Å². The molecular weight excluding hydrogens is 340 g/mol. The van der Waals surface area contributed by atoms with Crippen LogP contribution in [0.2, 0.25) is 0 Å². The maximum Gasteiger partial charge on any atom is 0.337 e. The highest BCUT2D eigenvalue weighted by Gasteiger charge is 2.21. The van der Waals surface area contributed by atoms with Gasteiger partial charge >= 0.3 is 5.97 Å². The minimum absolute atomic E-state index is 0.261. The third-order valence-corrected chi connectivity index (χ3v) is 4.65. The SMILES string of the molecule is COC(=O)c1ccc2c(c1)CCN(c1cc(NC(C)C)nc(C(C)C)n1)C2. The van der Waals surface area contributed by atoms with Crippen LogP contribution in [-0.4, -0.2) is 35.6 Å². The Morgan fingerprint density at radius 2 is 1.93 bits per heavy atom. The highest BCUT2D eigenvalue weighted by molar-refractivity contribution is 5.89. The van der Waals surface area contributed by atoms with Gasteiger partial charge in [0.25, 0.3) is 0 Å². The third kappa shape index (κ3) is 4.38. The summed E-state index contributed by atoms with van der Waals surface area (Å²) in [6, 6.07) is 8.14. The van der Waals surface area contributed by atoms with Gasteiger partial charge < -0.3 is 15.0 Å². The summed E-state index contributed by atoms with van der Waals surface area (Å²) >= 11 is 0. The molecular formula is C21H28N4O2. The second-order valence-corrected chi connectivity index (χ2v) is 7.57. The van der Waals surface area contributed by atoms with Crippen molar-refractivity contribution in [1.82, 2.24) is 9.97 Å². The highest BCUT2D eigenvalue weighted by Crippen LogP contribution is 2.27. The summed E-state index contributed by atoms with van der Waals surface area (Å²) in [5.74, 6) is 2.63. The van der Waals surface area contributed by atoms with Gasteiger partial charge in [-0.25, -0.2) is 14.8 Å². The van der Waals surface area contributed by atoms with E-state index in [1.165, 1.54) is 18.2 Å². The Hall–Kier alpha value is -2.63. The maximum absolute atomic E-state index is 11.8. The largest absolute Gasteiger partial charge is 0.465 e. The predicted molar refractivity (Wildman–Crippen MR) is 107 cm³/mol. The topological polar surface area (TPSA) is 67.3 Å². The Labute approximate surface area is 161 Å². The first kappa shape index (κ1) is 19.1. The summed E-state index contributed by atoms with van der Waals surface area (Å²) in [4.78, 5) is 23.5. The number of rotatable bonds is 5. The van der Waals surface area contributed by atoms with E-state index in [4.69, 9.17) is 9.72 Å². The standard InChI is InChI=1S/C21H28N4O2/c1-13(2)20-23-18(22-14(3)4)11-19(24-20)25-9-8-15-10-16(21(26)27-5)6-7-17(15)12-25/h6-7,10-11,13-14H,8-9,12H2,1-5H3,(H,22,23,24). The molecule has 2 aromatic rings. The van der Waals surface area contributed by atoms with Crippen LogP contribution in [-0.2, 0) is 17.7 Å². The number of hydrogen-bond donors (Lipinski definition) is 1. The molecule has 2 heterocycles. The second-order valence-electron chi connectivity index (χ2n) is 7.57. The van der Waals surface area contributed by atoms with Crippen LogP contribution in [0.3, 0.4) is 0 Å². The van der Waals surface area contributed by atoms with E-state index >= 15 is 0 Å². The van der Waals surface area contributed by atoms with Gasteiger partial charge in [0.1, 0.15) is 17.5 Å². The number of methoxy groups -OCH3 is 1. The van der Waals surface area contributed by atoms with Crippen molar-refractivity contribution in [3.05, 3.63) is 46.8 Å². The quantitative estimate of drug-likeness (QED) is 0.811. The van der Waals surface area contributed by atoms with Crippen molar-refractivity contribution in [3.8, 4) is 0 Å². The van der Waals surface area contributed by atoms with E-state index in [9.17, 15) is 4.79 Å². The molecule has 1 aromatic heterocycles. The molecule has 0 atom stereocenters. The Morgan fingerprint density at radius 3 is 2.59 bits per heavy atom. The fraction of sp³-hybridized carbons (Fsp3) is 0.476. The van der Waals surface area contributed by atoms with Gasteiger partial charge in [-0.05, 0) is 43.5 Å². The van der Waals surface area contributed by atoms with Crippen LogP contribution in [0.4, 0.5) is 11.6 Å². The van der Waals surface area contributed by atoms with Crippen molar-refractivity contribution in [2.75, 3.05) is 23.9 Å². The van der Waals surface area contributed by atoms with Crippen molar-refractivity contribution in [2.24, 2.45) is 0 Å². The minimum atomic E-state index is -0.290. The number of esters is 1. The van der Waals surface area contributed by atoms with Crippen molar-refractivity contribution in [3.63, 3.8) is 0 Å². The molecule has 0 amide bonds. The van der Waals surface area contributed by atoms with E-state index in [1.54, 1.807) is 0 Å². The lowest BCUT2D eigenvalue weighted by atomic mass is 9.97. The van der Waals surface area contributed by atoms with Crippen LogP contribution in [0.25, 0.3) is 0 Å². The van der Waals surface area contributed by atoms with E-state index in [1.807, 2.05) is 24.3 Å². The molecule has 6 heteroatoms. The van der Waals surface area contributed by atoms with Crippen LogP contribution >= 0.6 is 0 Å². The summed E-state index contributed by atoms with van der Waals surface area (Å²) in [5, 5.41) is 3.40. The van der Waals surface area contributed by atoms with Gasteiger partial charge in [0.15, 0.2) is 0 Å². The number of benzene rings is 1. The first-order valence-corrected chi connectivity index (χ1v) is 9.48. The summed E-state index contributed by atoms with van der Waals surface area (Å²) in [6.45, 7) is 10.1. The lowest BCUT2D eigenvalue weighted by Crippen LogP contribution is -2.31. The third-order valence-electron chi connectivity index (χ3n) is 4.65. The lowest BCUT2D eigenvalue weighted by Gasteiger charge is -2.30. The zero-order valence-corrected chi connectivity index (χ0v) is 16.7. The van der Waals surface area contributed by atoms with E-state index in [-0.39, 0.29) is 11.9 Å². The van der Waals surface area contributed by atoms with Crippen molar-refractivity contribution < 1.29 is 9.53 Å². The Balaban J connectivity index is 1.88. The minimum Gasteiger partial charge on any atom is -0.465 e. The van der Waals surface area contributed by atoms with Crippen LogP contribution in [0.15, 0.2) is 24.3 Å². The predicted octanol–water partition coefficient (Wildman–Crippen LogP) is 3.77. The molecule has 0 saturated carbocycles. The molecule has 6 nitrogen and oxygen atoms in total. The average molecular weight is 368 g/mol. The number of anilines is 2. The van der Waals surface area contributed by atoms with Gasteiger partial charge in [0.2, 0.25) is 0 Å². The highest BCUT2D eigenvalue weighted by atomic mass is 16.5. The van der Waals surface area contributed by atoms with Crippen molar-refractivity contribution in [2.45, 2.75) is 52.6 Å². The van der Waals surface area contributed by atoms with Gasteiger partial charge in [-0.15, -0.1) is 0 Å². The molecule has 1 N–H and O–H groups in total. The van der Waals surface area contributed by atoms with E-state index in [2.05, 4.69) is 42.9 Å². The summed E-state index contributed by atoms with van der Waals surface area (Å²) in [7, 11) is 1.41. The molecule has 1 aliphatic rings. The number of carbonyl (C=O) groups excluding carboxylic acids is 1. The fourth-order valence-electron chi connectivity index (χ4n) is 3.24. The molecule has 0 fully saturated rings. The second kappa shape index (κ2) is 7.94. The van der Waals surface area contributed by atoms with E-state index in [0.29, 0.717) is 11.6 Å². The molecule has 0 radical (unpaired) electrons. The van der Waals surface area contributed by atoms with Gasteiger partial charge in [-0.1, -0.05) is 19.9 Å². The smallest absolute Gasteiger partial charge is 0.337 e. The van der Waals surface area contributed by atoms with Gasteiger partial charge in [-0.2, -0.15) is 0 Å². The zero-order chi connectivity index (χ0) is 19.6. The molecule has 0 aliphatic carbocycles. The van der Waals surface area contributed by atoms with E-state index < -0.39 is 0 Å².